The van der Waals surface area contributed by atoms with E-state index in [1.54, 1.807) is 0 Å². The Bertz CT molecular complexity index is 147. The first-order chi connectivity index (χ1) is 6.35. The Kier molecular flexibility index (Phi) is 15.4. The van der Waals surface area contributed by atoms with Crippen LogP contribution in [-0.2, 0) is 0 Å². The molecule has 0 atom stereocenters. The number of allylic oxidation sites excluding steroid dienone is 3. The fourth-order valence-corrected chi connectivity index (χ4v) is 1.33. The quantitative estimate of drug-likeness (QED) is 0.234. The van der Waals surface area contributed by atoms with Crippen molar-refractivity contribution >= 4 is 0 Å². The SMILES string of the molecule is C=CCC(=[C-]CCCCCC)CC.[Li+]. The predicted octanol–water partition coefficient (Wildman–Crippen LogP) is 1.68. The summed E-state index contributed by atoms with van der Waals surface area (Å²) in [5, 5.41) is 0. The van der Waals surface area contributed by atoms with E-state index in [2.05, 4.69) is 26.5 Å². The molecule has 0 saturated carbocycles. The normalized spacial score (nSPS) is 10.9. The van der Waals surface area contributed by atoms with Gasteiger partial charge in [0.15, 0.2) is 0 Å². The fraction of sp³-hybridized carbons (Fsp3) is 0.692. The molecule has 0 heterocycles. The Labute approximate surface area is 102 Å². The Hall–Kier alpha value is 0.0774. The third-order valence-electron chi connectivity index (χ3n) is 2.22. The molecule has 0 spiro atoms. The molecule has 0 unspecified atom stereocenters. The molecular weight excluding hydrogens is 163 g/mol. The van der Waals surface area contributed by atoms with Gasteiger partial charge < -0.3 is 6.08 Å². The molecular formula is C13H23Li. The van der Waals surface area contributed by atoms with Gasteiger partial charge in [-0.25, -0.2) is 0 Å². The Morgan fingerprint density at radius 3 is 2.43 bits per heavy atom. The number of hydrogen-bond donors (Lipinski definition) is 0. The van der Waals surface area contributed by atoms with Crippen LogP contribution in [0.5, 0.6) is 0 Å². The molecule has 76 valence electrons. The Morgan fingerprint density at radius 2 is 1.93 bits per heavy atom. The average molecular weight is 186 g/mol. The molecule has 0 aromatic carbocycles. The summed E-state index contributed by atoms with van der Waals surface area (Å²) in [5.41, 5.74) is 1.42. The molecule has 0 radical (unpaired) electrons. The minimum absolute atomic E-state index is 0. The molecule has 0 bridgehead atoms. The van der Waals surface area contributed by atoms with Crippen molar-refractivity contribution in [3.05, 3.63) is 24.3 Å². The first-order valence-electron chi connectivity index (χ1n) is 5.54. The van der Waals surface area contributed by atoms with Crippen LogP contribution >= 0.6 is 0 Å². The van der Waals surface area contributed by atoms with Gasteiger partial charge in [0.25, 0.3) is 0 Å². The summed E-state index contributed by atoms with van der Waals surface area (Å²) < 4.78 is 0. The van der Waals surface area contributed by atoms with Gasteiger partial charge in [-0.05, 0) is 6.42 Å². The maximum atomic E-state index is 3.75. The van der Waals surface area contributed by atoms with Crippen LogP contribution in [0.3, 0.4) is 0 Å². The van der Waals surface area contributed by atoms with Gasteiger partial charge >= 0.3 is 18.9 Å². The van der Waals surface area contributed by atoms with Gasteiger partial charge in [-0.15, -0.1) is 6.58 Å². The van der Waals surface area contributed by atoms with Crippen LogP contribution in [0.4, 0.5) is 0 Å². The van der Waals surface area contributed by atoms with Gasteiger partial charge in [0.2, 0.25) is 0 Å². The van der Waals surface area contributed by atoms with Crippen molar-refractivity contribution in [1.82, 2.24) is 0 Å². The van der Waals surface area contributed by atoms with Gasteiger partial charge in [0.1, 0.15) is 0 Å². The van der Waals surface area contributed by atoms with Gasteiger partial charge in [0, 0.05) is 0 Å². The zero-order valence-electron chi connectivity index (χ0n) is 10.2. The van der Waals surface area contributed by atoms with Crippen LogP contribution in [0.15, 0.2) is 18.2 Å². The second-order valence-electron chi connectivity index (χ2n) is 3.44. The van der Waals surface area contributed by atoms with Crippen LogP contribution in [0.25, 0.3) is 0 Å². The van der Waals surface area contributed by atoms with E-state index in [4.69, 9.17) is 0 Å². The molecule has 0 aromatic heterocycles. The summed E-state index contributed by atoms with van der Waals surface area (Å²) in [6.45, 7) is 8.18. The number of rotatable bonds is 8. The van der Waals surface area contributed by atoms with Crippen LogP contribution < -0.4 is 18.9 Å². The van der Waals surface area contributed by atoms with Crippen molar-refractivity contribution in [2.75, 3.05) is 0 Å². The maximum absolute atomic E-state index is 3.75. The smallest absolute Gasteiger partial charge is 0.497 e. The van der Waals surface area contributed by atoms with Crippen molar-refractivity contribution in [1.29, 1.82) is 0 Å². The van der Waals surface area contributed by atoms with Crippen LogP contribution in [0.1, 0.15) is 58.8 Å². The summed E-state index contributed by atoms with van der Waals surface area (Å²) in [6, 6.07) is 0. The van der Waals surface area contributed by atoms with Crippen molar-refractivity contribution < 1.29 is 18.9 Å². The summed E-state index contributed by atoms with van der Waals surface area (Å²) in [5.74, 6) is 0. The van der Waals surface area contributed by atoms with Crippen molar-refractivity contribution in [2.45, 2.75) is 58.8 Å². The van der Waals surface area contributed by atoms with Crippen LogP contribution in [0, 0.1) is 6.08 Å². The molecule has 0 aliphatic heterocycles. The van der Waals surface area contributed by atoms with Gasteiger partial charge in [-0.2, -0.15) is 6.42 Å². The monoisotopic (exact) mass is 186 g/mol. The topological polar surface area (TPSA) is 0 Å². The standard InChI is InChI=1S/C13H23.Li/c1-4-7-8-9-10-12-13(6-3)11-5-2;/h5H,2,4,6-11H2,1,3H3;/q-1;+1. The molecule has 0 aliphatic carbocycles. The number of hydrogen-bond acceptors (Lipinski definition) is 0. The van der Waals surface area contributed by atoms with E-state index in [9.17, 15) is 0 Å². The molecule has 0 amide bonds. The van der Waals surface area contributed by atoms with E-state index >= 15 is 0 Å². The van der Waals surface area contributed by atoms with Crippen LogP contribution in [0.2, 0.25) is 0 Å². The van der Waals surface area contributed by atoms with Gasteiger partial charge in [0.05, 0.1) is 0 Å². The predicted molar refractivity (Wildman–Crippen MR) is 60.6 cm³/mol. The molecule has 14 heavy (non-hydrogen) atoms. The van der Waals surface area contributed by atoms with E-state index < -0.39 is 0 Å². The third kappa shape index (κ3) is 10.2. The van der Waals surface area contributed by atoms with E-state index in [1.165, 1.54) is 31.3 Å². The van der Waals surface area contributed by atoms with Gasteiger partial charge in [-0.1, -0.05) is 52.0 Å². The molecule has 0 nitrogen and oxygen atoms in total. The second kappa shape index (κ2) is 13.1. The first-order valence-corrected chi connectivity index (χ1v) is 5.54. The largest absolute Gasteiger partial charge is 1.00 e. The fourth-order valence-electron chi connectivity index (χ4n) is 1.33. The van der Waals surface area contributed by atoms with E-state index in [0.717, 1.165) is 19.3 Å². The summed E-state index contributed by atoms with van der Waals surface area (Å²) in [7, 11) is 0. The zero-order valence-corrected chi connectivity index (χ0v) is 10.2. The summed E-state index contributed by atoms with van der Waals surface area (Å²) >= 11 is 0. The van der Waals surface area contributed by atoms with Crippen LogP contribution in [-0.4, -0.2) is 0 Å². The third-order valence-corrected chi connectivity index (χ3v) is 2.22. The molecule has 0 N–H and O–H groups in total. The number of unbranched alkanes of at least 4 members (excludes halogenated alkanes) is 4. The summed E-state index contributed by atoms with van der Waals surface area (Å²) in [4.78, 5) is 0. The van der Waals surface area contributed by atoms with E-state index in [1.807, 2.05) is 6.08 Å². The molecule has 0 saturated heterocycles. The molecule has 1 heteroatoms. The zero-order chi connectivity index (χ0) is 9.94. The minimum Gasteiger partial charge on any atom is -0.497 e. The van der Waals surface area contributed by atoms with E-state index in [0.29, 0.717) is 0 Å². The molecule has 0 fully saturated rings. The van der Waals surface area contributed by atoms with Gasteiger partial charge in [-0.3, -0.25) is 5.57 Å². The first kappa shape index (κ1) is 16.5. The maximum Gasteiger partial charge on any atom is 1.00 e. The van der Waals surface area contributed by atoms with E-state index in [-0.39, 0.29) is 18.9 Å². The molecule has 0 aromatic rings. The van der Waals surface area contributed by atoms with Crippen molar-refractivity contribution in [3.8, 4) is 0 Å². The second-order valence-corrected chi connectivity index (χ2v) is 3.44. The van der Waals surface area contributed by atoms with Crippen molar-refractivity contribution in [3.63, 3.8) is 0 Å². The summed E-state index contributed by atoms with van der Waals surface area (Å²) in [6.07, 6.45) is 14.1. The van der Waals surface area contributed by atoms with Crippen molar-refractivity contribution in [2.24, 2.45) is 0 Å². The Balaban J connectivity index is 0. The Morgan fingerprint density at radius 1 is 1.21 bits per heavy atom. The molecule has 0 rings (SSSR count). The minimum atomic E-state index is 0. The molecule has 0 aliphatic rings. The average Bonchev–Trinajstić information content (AvgIpc) is 2.16.